The SMILES string of the molecule is CC(=O)NCC=Cc1ccc2ncnc(Nc3ccc(Oc4ccc(C)nc4)c(C)c3)c2c1.O=P(O)(O)O. The highest BCUT2D eigenvalue weighted by molar-refractivity contribution is 7.45. The quantitative estimate of drug-likeness (QED) is 0.213. The number of fused-ring (bicyclic) bond motifs is 1. The summed E-state index contributed by atoms with van der Waals surface area (Å²) in [5.74, 6) is 2.13. The van der Waals surface area contributed by atoms with Gasteiger partial charge in [-0.25, -0.2) is 14.5 Å². The Morgan fingerprint density at radius 3 is 2.45 bits per heavy atom. The van der Waals surface area contributed by atoms with E-state index in [4.69, 9.17) is 24.0 Å². The maximum atomic E-state index is 11.0. The van der Waals surface area contributed by atoms with Crippen LogP contribution in [0, 0.1) is 13.8 Å². The second kappa shape index (κ2) is 12.9. The third kappa shape index (κ3) is 9.38. The number of ether oxygens (including phenoxy) is 1. The lowest BCUT2D eigenvalue weighted by Gasteiger charge is -2.12. The molecule has 0 aliphatic heterocycles. The monoisotopic (exact) mass is 537 g/mol. The predicted molar refractivity (Wildman–Crippen MR) is 145 cm³/mol. The summed E-state index contributed by atoms with van der Waals surface area (Å²) in [5, 5.41) is 7.05. The zero-order valence-corrected chi connectivity index (χ0v) is 21.9. The van der Waals surface area contributed by atoms with Crippen LogP contribution < -0.4 is 15.4 Å². The van der Waals surface area contributed by atoms with E-state index in [0.717, 1.165) is 39.2 Å². The Hall–Kier alpha value is -4.15. The summed E-state index contributed by atoms with van der Waals surface area (Å²) in [6.07, 6.45) is 7.13. The molecule has 2 aromatic heterocycles. The number of phosphoric acid groups is 1. The number of hydrogen-bond acceptors (Lipinski definition) is 7. The van der Waals surface area contributed by atoms with E-state index in [2.05, 4.69) is 25.6 Å². The van der Waals surface area contributed by atoms with Gasteiger partial charge in [0.05, 0.1) is 11.7 Å². The Labute approximate surface area is 219 Å². The number of hydrogen-bond donors (Lipinski definition) is 5. The van der Waals surface area contributed by atoms with Crippen molar-refractivity contribution in [2.75, 3.05) is 11.9 Å². The Bertz CT molecular complexity index is 1480. The minimum Gasteiger partial charge on any atom is -0.455 e. The summed E-state index contributed by atoms with van der Waals surface area (Å²) >= 11 is 0. The number of aryl methyl sites for hydroxylation is 2. The molecule has 0 fully saturated rings. The zero-order chi connectivity index (χ0) is 27.7. The molecule has 0 radical (unpaired) electrons. The highest BCUT2D eigenvalue weighted by Gasteiger charge is 2.08. The normalized spacial score (nSPS) is 11.1. The Kier molecular flexibility index (Phi) is 9.64. The van der Waals surface area contributed by atoms with Crippen molar-refractivity contribution in [3.63, 3.8) is 0 Å². The number of benzene rings is 2. The topological polar surface area (TPSA) is 167 Å². The molecule has 38 heavy (non-hydrogen) atoms. The minimum absolute atomic E-state index is 0.0553. The molecule has 0 saturated heterocycles. The van der Waals surface area contributed by atoms with E-state index in [9.17, 15) is 4.79 Å². The summed E-state index contributed by atoms with van der Waals surface area (Å²) in [7, 11) is -4.64. The second-order valence-electron chi connectivity index (χ2n) is 8.19. The van der Waals surface area contributed by atoms with Crippen LogP contribution in [0.1, 0.15) is 23.7 Å². The first-order valence-corrected chi connectivity index (χ1v) is 13.0. The van der Waals surface area contributed by atoms with E-state index in [1.54, 1.807) is 12.5 Å². The Balaban J connectivity index is 0.000000732. The molecular formula is C26H28N5O6P. The maximum absolute atomic E-state index is 11.0. The van der Waals surface area contributed by atoms with Gasteiger partial charge in [-0.3, -0.25) is 9.78 Å². The van der Waals surface area contributed by atoms with Crippen molar-refractivity contribution in [3.05, 3.63) is 84.0 Å². The number of carbonyl (C=O) groups is 1. The molecule has 1 amide bonds. The number of carbonyl (C=O) groups excluding carboxylic acids is 1. The largest absolute Gasteiger partial charge is 0.466 e. The molecule has 0 saturated carbocycles. The predicted octanol–water partition coefficient (Wildman–Crippen LogP) is 4.40. The number of rotatable bonds is 7. The number of aromatic nitrogens is 3. The van der Waals surface area contributed by atoms with Crippen LogP contribution >= 0.6 is 7.82 Å². The van der Waals surface area contributed by atoms with Gasteiger partial charge in [-0.2, -0.15) is 0 Å². The Morgan fingerprint density at radius 1 is 1.03 bits per heavy atom. The lowest BCUT2D eigenvalue weighted by atomic mass is 10.1. The van der Waals surface area contributed by atoms with Crippen LogP contribution in [0.4, 0.5) is 11.5 Å². The highest BCUT2D eigenvalue weighted by Crippen LogP contribution is 2.30. The van der Waals surface area contributed by atoms with Gasteiger partial charge in [-0.05, 0) is 67.4 Å². The van der Waals surface area contributed by atoms with E-state index >= 15 is 0 Å². The molecule has 0 unspecified atom stereocenters. The number of nitrogens with one attached hydrogen (secondary N) is 2. The Morgan fingerprint density at radius 2 is 1.79 bits per heavy atom. The molecular weight excluding hydrogens is 509 g/mol. The molecule has 5 N–H and O–H groups in total. The number of anilines is 2. The van der Waals surface area contributed by atoms with Gasteiger partial charge in [0, 0.05) is 30.2 Å². The zero-order valence-electron chi connectivity index (χ0n) is 21.0. The first kappa shape index (κ1) is 28.4. The van der Waals surface area contributed by atoms with Gasteiger partial charge in [0.25, 0.3) is 0 Å². The second-order valence-corrected chi connectivity index (χ2v) is 9.22. The minimum atomic E-state index is -4.64. The lowest BCUT2D eigenvalue weighted by Crippen LogP contribution is -2.19. The van der Waals surface area contributed by atoms with Crippen molar-refractivity contribution in [2.24, 2.45) is 0 Å². The van der Waals surface area contributed by atoms with Crippen molar-refractivity contribution < 1.29 is 28.8 Å². The van der Waals surface area contributed by atoms with Crippen LogP contribution in [-0.2, 0) is 9.36 Å². The molecule has 11 nitrogen and oxygen atoms in total. The highest BCUT2D eigenvalue weighted by atomic mass is 31.2. The molecule has 0 atom stereocenters. The molecule has 0 aliphatic rings. The van der Waals surface area contributed by atoms with Gasteiger partial charge in [0.2, 0.25) is 5.91 Å². The van der Waals surface area contributed by atoms with E-state index < -0.39 is 7.82 Å². The molecule has 198 valence electrons. The van der Waals surface area contributed by atoms with Crippen LogP contribution in [0.15, 0.2) is 67.1 Å². The molecule has 4 aromatic rings. The molecule has 2 aromatic carbocycles. The third-order valence-electron chi connectivity index (χ3n) is 4.99. The fraction of sp³-hybridized carbons (Fsp3) is 0.154. The molecule has 0 spiro atoms. The number of nitrogens with zero attached hydrogens (tertiary/aromatic N) is 3. The number of amides is 1. The fourth-order valence-electron chi connectivity index (χ4n) is 3.30. The smallest absolute Gasteiger partial charge is 0.455 e. The van der Waals surface area contributed by atoms with Crippen LogP contribution in [0.5, 0.6) is 11.5 Å². The molecule has 4 rings (SSSR count). The van der Waals surface area contributed by atoms with E-state index in [1.165, 1.54) is 6.92 Å². The van der Waals surface area contributed by atoms with Gasteiger partial charge in [0.15, 0.2) is 0 Å². The van der Waals surface area contributed by atoms with Gasteiger partial charge < -0.3 is 30.1 Å². The fourth-order valence-corrected chi connectivity index (χ4v) is 3.30. The first-order valence-electron chi connectivity index (χ1n) is 11.4. The van der Waals surface area contributed by atoms with Crippen molar-refractivity contribution in [3.8, 4) is 11.5 Å². The van der Waals surface area contributed by atoms with E-state index in [0.29, 0.717) is 18.1 Å². The summed E-state index contributed by atoms with van der Waals surface area (Å²) in [6, 6.07) is 15.7. The summed E-state index contributed by atoms with van der Waals surface area (Å²) in [6.45, 7) is 5.92. The van der Waals surface area contributed by atoms with Crippen LogP contribution in [0.2, 0.25) is 0 Å². The van der Waals surface area contributed by atoms with Crippen molar-refractivity contribution in [1.82, 2.24) is 20.3 Å². The number of pyridine rings is 1. The van der Waals surface area contributed by atoms with Gasteiger partial charge >= 0.3 is 7.82 Å². The summed E-state index contributed by atoms with van der Waals surface area (Å²) in [5.41, 5.74) is 4.67. The van der Waals surface area contributed by atoms with Crippen molar-refractivity contribution in [1.29, 1.82) is 0 Å². The molecule has 0 bridgehead atoms. The van der Waals surface area contributed by atoms with E-state index in [-0.39, 0.29) is 5.91 Å². The molecule has 0 aliphatic carbocycles. The van der Waals surface area contributed by atoms with Gasteiger partial charge in [-0.1, -0.05) is 18.2 Å². The average molecular weight is 538 g/mol. The average Bonchev–Trinajstić information content (AvgIpc) is 2.84. The summed E-state index contributed by atoms with van der Waals surface area (Å²) in [4.78, 5) is 45.7. The lowest BCUT2D eigenvalue weighted by molar-refractivity contribution is -0.118. The van der Waals surface area contributed by atoms with Crippen molar-refractivity contribution in [2.45, 2.75) is 20.8 Å². The van der Waals surface area contributed by atoms with Crippen LogP contribution in [-0.4, -0.2) is 42.1 Å². The maximum Gasteiger partial charge on any atom is 0.466 e. The van der Waals surface area contributed by atoms with Crippen molar-refractivity contribution >= 4 is 42.2 Å². The van der Waals surface area contributed by atoms with Gasteiger partial charge in [-0.15, -0.1) is 0 Å². The standard InChI is InChI=1S/C26H25N5O2.H3O4P/c1-17-13-21(8-11-25(17)33-22-9-6-18(2)28-15-22)31-26-23-14-20(5-4-12-27-19(3)32)7-10-24(23)29-16-30-26;1-5(2,3)4/h4-11,13-16H,12H2,1-3H3,(H,27,32)(H,29,30,31);(H3,1,2,3,4). The summed E-state index contributed by atoms with van der Waals surface area (Å²) < 4.78 is 14.8. The van der Waals surface area contributed by atoms with Crippen LogP contribution in [0.3, 0.4) is 0 Å². The van der Waals surface area contributed by atoms with Crippen LogP contribution in [0.25, 0.3) is 17.0 Å². The molecule has 2 heterocycles. The molecule has 12 heteroatoms. The van der Waals surface area contributed by atoms with E-state index in [1.807, 2.05) is 74.5 Å². The van der Waals surface area contributed by atoms with Gasteiger partial charge in [0.1, 0.15) is 23.6 Å². The third-order valence-corrected chi connectivity index (χ3v) is 4.99. The first-order chi connectivity index (χ1) is 18.0.